The molecule has 0 saturated heterocycles. The fourth-order valence-corrected chi connectivity index (χ4v) is 6.00. The summed E-state index contributed by atoms with van der Waals surface area (Å²) >= 11 is 6.19. The summed E-state index contributed by atoms with van der Waals surface area (Å²) in [4.78, 5) is 13.2. The van der Waals surface area contributed by atoms with Crippen molar-refractivity contribution in [1.29, 1.82) is 0 Å². The lowest BCUT2D eigenvalue weighted by atomic mass is 10.1. The molecule has 0 aliphatic rings. The highest BCUT2D eigenvalue weighted by Gasteiger charge is 2.31. The van der Waals surface area contributed by atoms with Gasteiger partial charge in [-0.3, -0.25) is 9.10 Å². The molecule has 210 valence electrons. The smallest absolute Gasteiger partial charge is 0.265 e. The number of nitrogens with one attached hydrogen (secondary N) is 1. The normalized spacial score (nSPS) is 12.4. The van der Waals surface area contributed by atoms with Gasteiger partial charge in [-0.25, -0.2) is 16.8 Å². The molecule has 0 spiro atoms. The number of nitrogens with zero attached hydrogens (tertiary/aromatic N) is 1. The summed E-state index contributed by atoms with van der Waals surface area (Å²) < 4.78 is 68.0. The first-order valence-corrected chi connectivity index (χ1v) is 15.2. The van der Waals surface area contributed by atoms with Gasteiger partial charge in [0.2, 0.25) is 5.91 Å². The summed E-state index contributed by atoms with van der Waals surface area (Å²) in [7, 11) is -3.55. The molecule has 3 aromatic carbocycles. The molecule has 0 unspecified atom stereocenters. The van der Waals surface area contributed by atoms with Crippen LogP contribution >= 0.6 is 11.6 Å². The van der Waals surface area contributed by atoms with Crippen LogP contribution in [0.1, 0.15) is 18.5 Å². The van der Waals surface area contributed by atoms with E-state index in [2.05, 4.69) is 5.32 Å². The number of methoxy groups -OCH3 is 3. The van der Waals surface area contributed by atoms with E-state index < -0.39 is 38.4 Å². The summed E-state index contributed by atoms with van der Waals surface area (Å²) in [6.07, 6.45) is 1.10. The summed E-state index contributed by atoms with van der Waals surface area (Å²) in [5.74, 6) is 0.0745. The van der Waals surface area contributed by atoms with E-state index in [-0.39, 0.29) is 32.0 Å². The van der Waals surface area contributed by atoms with Crippen LogP contribution in [0.25, 0.3) is 0 Å². The predicted octanol–water partition coefficient (Wildman–Crippen LogP) is 3.84. The number of amides is 1. The molecule has 1 amide bonds. The van der Waals surface area contributed by atoms with Gasteiger partial charge in [-0.05, 0) is 55.0 Å². The van der Waals surface area contributed by atoms with Crippen LogP contribution in [0.2, 0.25) is 5.02 Å². The van der Waals surface area contributed by atoms with Crippen molar-refractivity contribution in [1.82, 2.24) is 5.32 Å². The number of ether oxygens (including phenoxy) is 3. The van der Waals surface area contributed by atoms with Crippen molar-refractivity contribution in [3.63, 3.8) is 0 Å². The Kier molecular flexibility index (Phi) is 9.36. The number of halogens is 1. The second-order valence-electron chi connectivity index (χ2n) is 8.48. The molecule has 3 rings (SSSR count). The fraction of sp³-hybridized carbons (Fsp3) is 0.269. The third kappa shape index (κ3) is 6.94. The van der Waals surface area contributed by atoms with Crippen LogP contribution in [0.5, 0.6) is 17.2 Å². The van der Waals surface area contributed by atoms with E-state index in [0.29, 0.717) is 11.3 Å². The van der Waals surface area contributed by atoms with Gasteiger partial charge in [-0.15, -0.1) is 0 Å². The average molecular weight is 597 g/mol. The molecule has 13 heteroatoms. The molecular formula is C26H29ClN2O8S2. The first-order valence-electron chi connectivity index (χ1n) is 11.5. The monoisotopic (exact) mass is 596 g/mol. The average Bonchev–Trinajstić information content (AvgIpc) is 2.90. The number of rotatable bonds is 11. The van der Waals surface area contributed by atoms with Crippen LogP contribution in [0.15, 0.2) is 70.5 Å². The van der Waals surface area contributed by atoms with Crippen molar-refractivity contribution in [2.45, 2.75) is 22.8 Å². The summed E-state index contributed by atoms with van der Waals surface area (Å²) in [6.45, 7) is 1.08. The minimum atomic E-state index is -4.35. The molecule has 1 N–H and O–H groups in total. The SMILES string of the molecule is COc1ccc(S(=O)(=O)N(CC(=O)N[C@@H](C)c2ccc(S(C)(=O)=O)cc2)c2cc(Cl)ccc2OC)cc1OC. The van der Waals surface area contributed by atoms with Gasteiger partial charge in [0.1, 0.15) is 12.3 Å². The molecule has 0 bridgehead atoms. The molecular weight excluding hydrogens is 568 g/mol. The van der Waals surface area contributed by atoms with Gasteiger partial charge >= 0.3 is 0 Å². The molecule has 0 aliphatic heterocycles. The van der Waals surface area contributed by atoms with Crippen LogP contribution in [0.4, 0.5) is 5.69 Å². The van der Waals surface area contributed by atoms with Crippen molar-refractivity contribution >= 4 is 43.1 Å². The number of hydrogen-bond acceptors (Lipinski definition) is 8. The maximum absolute atomic E-state index is 13.9. The van der Waals surface area contributed by atoms with E-state index in [9.17, 15) is 21.6 Å². The predicted molar refractivity (Wildman–Crippen MR) is 148 cm³/mol. The Morgan fingerprint density at radius 2 is 1.41 bits per heavy atom. The number of anilines is 1. The number of carbonyl (C=O) groups excluding carboxylic acids is 1. The first kappa shape index (κ1) is 30.1. The lowest BCUT2D eigenvalue weighted by Crippen LogP contribution is -2.41. The Bertz CT molecular complexity index is 1560. The second-order valence-corrected chi connectivity index (χ2v) is 12.8. The van der Waals surface area contributed by atoms with Crippen LogP contribution in [-0.2, 0) is 24.7 Å². The Labute approximate surface area is 233 Å². The standard InChI is InChI=1S/C26H29ClN2O8S2/c1-17(18-6-9-20(10-7-18)38(5,31)32)28-26(30)16-29(22-14-19(27)8-12-23(22)35-2)39(33,34)21-11-13-24(36-3)25(15-21)37-4/h6-15,17H,16H2,1-5H3,(H,28,30)/t17-/m0/s1. The van der Waals surface area contributed by atoms with E-state index in [1.165, 1.54) is 69.9 Å². The molecule has 0 fully saturated rings. The van der Waals surface area contributed by atoms with Crippen molar-refractivity contribution < 1.29 is 35.8 Å². The summed E-state index contributed by atoms with van der Waals surface area (Å²) in [6, 6.07) is 14.0. The van der Waals surface area contributed by atoms with Gasteiger partial charge in [-0.1, -0.05) is 23.7 Å². The van der Waals surface area contributed by atoms with Crippen LogP contribution in [-0.4, -0.2) is 56.9 Å². The van der Waals surface area contributed by atoms with Crippen LogP contribution < -0.4 is 23.8 Å². The van der Waals surface area contributed by atoms with Crippen LogP contribution in [0.3, 0.4) is 0 Å². The maximum atomic E-state index is 13.9. The van der Waals surface area contributed by atoms with Crippen LogP contribution in [0, 0.1) is 0 Å². The van der Waals surface area contributed by atoms with E-state index >= 15 is 0 Å². The molecule has 0 aromatic heterocycles. The zero-order valence-electron chi connectivity index (χ0n) is 22.0. The fourth-order valence-electron chi connectivity index (χ4n) is 3.77. The lowest BCUT2D eigenvalue weighted by molar-refractivity contribution is -0.120. The quantitative estimate of drug-likeness (QED) is 0.354. The number of hydrogen-bond donors (Lipinski definition) is 1. The minimum absolute atomic E-state index is 0.0556. The van der Waals surface area contributed by atoms with E-state index in [0.717, 1.165) is 10.6 Å². The Morgan fingerprint density at radius 3 is 1.97 bits per heavy atom. The topological polar surface area (TPSA) is 128 Å². The van der Waals surface area contributed by atoms with Gasteiger partial charge in [0, 0.05) is 17.3 Å². The minimum Gasteiger partial charge on any atom is -0.495 e. The van der Waals surface area contributed by atoms with E-state index in [1.54, 1.807) is 19.1 Å². The number of sulfone groups is 1. The van der Waals surface area contributed by atoms with Crippen molar-refractivity contribution in [3.05, 3.63) is 71.2 Å². The van der Waals surface area contributed by atoms with Gasteiger partial charge in [-0.2, -0.15) is 0 Å². The molecule has 1 atom stereocenters. The van der Waals surface area contributed by atoms with Gasteiger partial charge < -0.3 is 19.5 Å². The Hall–Kier alpha value is -3.48. The first-order chi connectivity index (χ1) is 18.3. The zero-order chi connectivity index (χ0) is 29.0. The largest absolute Gasteiger partial charge is 0.495 e. The molecule has 0 saturated carbocycles. The summed E-state index contributed by atoms with van der Waals surface area (Å²) in [5, 5.41) is 2.99. The van der Waals surface area contributed by atoms with Gasteiger partial charge in [0.25, 0.3) is 10.0 Å². The maximum Gasteiger partial charge on any atom is 0.265 e. The number of sulfonamides is 1. The molecule has 10 nitrogen and oxygen atoms in total. The molecule has 39 heavy (non-hydrogen) atoms. The van der Waals surface area contributed by atoms with Crippen molar-refractivity contribution in [2.75, 3.05) is 38.4 Å². The Balaban J connectivity index is 1.99. The second kappa shape index (κ2) is 12.1. The summed E-state index contributed by atoms with van der Waals surface area (Å²) in [5.41, 5.74) is 0.686. The molecule has 0 aliphatic carbocycles. The highest BCUT2D eigenvalue weighted by atomic mass is 35.5. The van der Waals surface area contributed by atoms with E-state index in [4.69, 9.17) is 25.8 Å². The van der Waals surface area contributed by atoms with Crippen molar-refractivity contribution in [3.8, 4) is 17.2 Å². The Morgan fingerprint density at radius 1 is 0.846 bits per heavy atom. The lowest BCUT2D eigenvalue weighted by Gasteiger charge is -2.27. The molecule has 0 radical (unpaired) electrons. The van der Waals surface area contributed by atoms with Gasteiger partial charge in [0.05, 0.1) is 42.8 Å². The van der Waals surface area contributed by atoms with Gasteiger partial charge in [0.15, 0.2) is 21.3 Å². The number of benzene rings is 3. The highest BCUT2D eigenvalue weighted by Crippen LogP contribution is 2.37. The zero-order valence-corrected chi connectivity index (χ0v) is 24.4. The molecule has 0 heterocycles. The van der Waals surface area contributed by atoms with Crippen molar-refractivity contribution in [2.24, 2.45) is 0 Å². The molecule has 3 aromatic rings. The third-order valence-corrected chi connectivity index (χ3v) is 8.94. The highest BCUT2D eigenvalue weighted by molar-refractivity contribution is 7.93. The van der Waals surface area contributed by atoms with E-state index in [1.807, 2.05) is 0 Å². The number of carbonyl (C=O) groups is 1. The third-order valence-electron chi connectivity index (χ3n) is 5.83.